The molecule has 0 saturated heterocycles. The van der Waals surface area contributed by atoms with Gasteiger partial charge in [-0.05, 0) is 56.2 Å². The third-order valence-corrected chi connectivity index (χ3v) is 3.79. The summed E-state index contributed by atoms with van der Waals surface area (Å²) in [6, 6.07) is 9.86. The minimum Gasteiger partial charge on any atom is -0.409 e. The highest BCUT2D eigenvalue weighted by molar-refractivity contribution is 7.99. The lowest BCUT2D eigenvalue weighted by Gasteiger charge is -2.09. The predicted octanol–water partition coefficient (Wildman–Crippen LogP) is 3.25. The standard InChI is InChI=1S/C15H17N3OS/c1-9-4-5-12(15(16)18-19)13(7-9)20-14-8-10(2)6-11(3)17-14/h4-8,19H,1-3H3,(H2,16,18). The Labute approximate surface area is 122 Å². The van der Waals surface area contributed by atoms with Gasteiger partial charge in [0, 0.05) is 16.2 Å². The second-order valence-corrected chi connectivity index (χ2v) is 5.77. The third kappa shape index (κ3) is 3.30. The van der Waals surface area contributed by atoms with Crippen molar-refractivity contribution in [2.24, 2.45) is 10.9 Å². The maximum Gasteiger partial charge on any atom is 0.171 e. The summed E-state index contributed by atoms with van der Waals surface area (Å²) < 4.78 is 0. The first-order valence-corrected chi connectivity index (χ1v) is 7.03. The van der Waals surface area contributed by atoms with E-state index < -0.39 is 0 Å². The molecule has 0 fully saturated rings. The first kappa shape index (κ1) is 14.4. The second-order valence-electron chi connectivity index (χ2n) is 4.71. The zero-order valence-corrected chi connectivity index (χ0v) is 12.5. The fourth-order valence-corrected chi connectivity index (χ4v) is 3.14. The zero-order valence-electron chi connectivity index (χ0n) is 11.7. The quantitative estimate of drug-likeness (QED) is 0.393. The summed E-state index contributed by atoms with van der Waals surface area (Å²) in [5, 5.41) is 12.9. The highest BCUT2D eigenvalue weighted by atomic mass is 32.2. The fraction of sp³-hybridized carbons (Fsp3) is 0.200. The Hall–Kier alpha value is -2.01. The Morgan fingerprint density at radius 3 is 2.55 bits per heavy atom. The summed E-state index contributed by atoms with van der Waals surface area (Å²) >= 11 is 1.52. The Morgan fingerprint density at radius 1 is 1.15 bits per heavy atom. The van der Waals surface area contributed by atoms with Crippen molar-refractivity contribution < 1.29 is 5.21 Å². The van der Waals surface area contributed by atoms with Crippen molar-refractivity contribution in [1.82, 2.24) is 4.98 Å². The first-order valence-electron chi connectivity index (χ1n) is 6.21. The Morgan fingerprint density at radius 2 is 1.90 bits per heavy atom. The zero-order chi connectivity index (χ0) is 14.7. The van der Waals surface area contributed by atoms with Crippen molar-refractivity contribution >= 4 is 17.6 Å². The maximum absolute atomic E-state index is 8.87. The highest BCUT2D eigenvalue weighted by Gasteiger charge is 2.10. The minimum atomic E-state index is 0.108. The van der Waals surface area contributed by atoms with E-state index in [0.717, 1.165) is 26.7 Å². The molecule has 5 heteroatoms. The number of hydrogen-bond acceptors (Lipinski definition) is 4. The number of nitrogens with two attached hydrogens (primary N) is 1. The van der Waals surface area contributed by atoms with Gasteiger partial charge in [0.05, 0.1) is 0 Å². The molecule has 0 aliphatic rings. The van der Waals surface area contributed by atoms with Crippen LogP contribution >= 0.6 is 11.8 Å². The number of hydrogen-bond donors (Lipinski definition) is 2. The molecule has 2 rings (SSSR count). The number of aryl methyl sites for hydroxylation is 3. The molecule has 3 N–H and O–H groups in total. The summed E-state index contributed by atoms with van der Waals surface area (Å²) in [5.74, 6) is 0.108. The van der Waals surface area contributed by atoms with Crippen LogP contribution < -0.4 is 5.73 Å². The fourth-order valence-electron chi connectivity index (χ4n) is 1.95. The number of nitrogens with zero attached hydrogens (tertiary/aromatic N) is 2. The van der Waals surface area contributed by atoms with E-state index in [1.165, 1.54) is 11.8 Å². The van der Waals surface area contributed by atoms with Gasteiger partial charge in [0.25, 0.3) is 0 Å². The van der Waals surface area contributed by atoms with Gasteiger partial charge in [-0.3, -0.25) is 0 Å². The van der Waals surface area contributed by atoms with Crippen molar-refractivity contribution in [3.05, 3.63) is 52.7 Å². The molecular weight excluding hydrogens is 270 g/mol. The average molecular weight is 287 g/mol. The lowest BCUT2D eigenvalue weighted by molar-refractivity contribution is 0.318. The van der Waals surface area contributed by atoms with E-state index in [9.17, 15) is 0 Å². The van der Waals surface area contributed by atoms with Crippen LogP contribution in [0.5, 0.6) is 0 Å². The molecule has 0 aliphatic carbocycles. The van der Waals surface area contributed by atoms with Crippen molar-refractivity contribution in [3.63, 3.8) is 0 Å². The smallest absolute Gasteiger partial charge is 0.171 e. The van der Waals surface area contributed by atoms with E-state index in [1.807, 2.05) is 51.1 Å². The molecule has 104 valence electrons. The van der Waals surface area contributed by atoms with Crippen LogP contribution in [-0.2, 0) is 0 Å². The molecule has 2 aromatic rings. The summed E-state index contributed by atoms with van der Waals surface area (Å²) in [5.41, 5.74) is 9.70. The van der Waals surface area contributed by atoms with Crippen LogP contribution in [0, 0.1) is 20.8 Å². The molecule has 1 aromatic heterocycles. The van der Waals surface area contributed by atoms with Gasteiger partial charge in [-0.25, -0.2) is 4.98 Å². The van der Waals surface area contributed by atoms with Gasteiger partial charge in [-0.15, -0.1) is 0 Å². The SMILES string of the molecule is Cc1cc(C)nc(Sc2cc(C)ccc2/C(N)=N/O)c1. The lowest BCUT2D eigenvalue weighted by Crippen LogP contribution is -2.14. The number of aromatic nitrogens is 1. The molecule has 20 heavy (non-hydrogen) atoms. The lowest BCUT2D eigenvalue weighted by atomic mass is 10.1. The van der Waals surface area contributed by atoms with Crippen LogP contribution in [0.3, 0.4) is 0 Å². The molecule has 0 aliphatic heterocycles. The molecule has 1 aromatic carbocycles. The molecule has 0 amide bonds. The van der Waals surface area contributed by atoms with E-state index in [0.29, 0.717) is 5.56 Å². The molecule has 1 heterocycles. The van der Waals surface area contributed by atoms with Crippen LogP contribution in [-0.4, -0.2) is 16.0 Å². The third-order valence-electron chi connectivity index (χ3n) is 2.81. The summed E-state index contributed by atoms with van der Waals surface area (Å²) in [6.07, 6.45) is 0. The molecule has 0 atom stereocenters. The van der Waals surface area contributed by atoms with Crippen LogP contribution in [0.15, 0.2) is 45.4 Å². The number of pyridine rings is 1. The van der Waals surface area contributed by atoms with Gasteiger partial charge in [-0.1, -0.05) is 23.0 Å². The molecule has 0 radical (unpaired) electrons. The number of oxime groups is 1. The van der Waals surface area contributed by atoms with Crippen LogP contribution in [0.4, 0.5) is 0 Å². The second kappa shape index (κ2) is 5.96. The van der Waals surface area contributed by atoms with E-state index >= 15 is 0 Å². The summed E-state index contributed by atoms with van der Waals surface area (Å²) in [7, 11) is 0. The van der Waals surface area contributed by atoms with E-state index in [1.54, 1.807) is 0 Å². The molecule has 0 saturated carbocycles. The van der Waals surface area contributed by atoms with Crippen LogP contribution in [0.1, 0.15) is 22.4 Å². The summed E-state index contributed by atoms with van der Waals surface area (Å²) in [6.45, 7) is 6.02. The molecule has 0 spiro atoms. The monoisotopic (exact) mass is 287 g/mol. The van der Waals surface area contributed by atoms with Crippen molar-refractivity contribution in [3.8, 4) is 0 Å². The van der Waals surface area contributed by atoms with Crippen LogP contribution in [0.2, 0.25) is 0 Å². The van der Waals surface area contributed by atoms with Gasteiger partial charge in [0.1, 0.15) is 5.03 Å². The minimum absolute atomic E-state index is 0.108. The largest absolute Gasteiger partial charge is 0.409 e. The molecular formula is C15H17N3OS. The average Bonchev–Trinajstić information content (AvgIpc) is 2.37. The predicted molar refractivity (Wildman–Crippen MR) is 81.5 cm³/mol. The van der Waals surface area contributed by atoms with E-state index in [2.05, 4.69) is 10.1 Å². The topological polar surface area (TPSA) is 71.5 Å². The van der Waals surface area contributed by atoms with Crippen LogP contribution in [0.25, 0.3) is 0 Å². The Balaban J connectivity index is 2.44. The summed E-state index contributed by atoms with van der Waals surface area (Å²) in [4.78, 5) is 5.43. The molecule has 0 bridgehead atoms. The first-order chi connectivity index (χ1) is 9.49. The number of amidine groups is 1. The Bertz CT molecular complexity index is 648. The van der Waals surface area contributed by atoms with E-state index in [4.69, 9.17) is 10.9 Å². The van der Waals surface area contributed by atoms with Crippen molar-refractivity contribution in [2.45, 2.75) is 30.7 Å². The highest BCUT2D eigenvalue weighted by Crippen LogP contribution is 2.30. The van der Waals surface area contributed by atoms with Crippen molar-refractivity contribution in [2.75, 3.05) is 0 Å². The van der Waals surface area contributed by atoms with Crippen molar-refractivity contribution in [1.29, 1.82) is 0 Å². The molecule has 0 unspecified atom stereocenters. The molecule has 4 nitrogen and oxygen atoms in total. The number of rotatable bonds is 3. The normalized spacial score (nSPS) is 11.7. The Kier molecular flexibility index (Phi) is 4.29. The van der Waals surface area contributed by atoms with Gasteiger partial charge < -0.3 is 10.9 Å². The van der Waals surface area contributed by atoms with E-state index in [-0.39, 0.29) is 5.84 Å². The maximum atomic E-state index is 8.87. The van der Waals surface area contributed by atoms with Gasteiger partial charge >= 0.3 is 0 Å². The van der Waals surface area contributed by atoms with Gasteiger partial charge in [0.15, 0.2) is 5.84 Å². The number of benzene rings is 1. The van der Waals surface area contributed by atoms with Gasteiger partial charge in [-0.2, -0.15) is 0 Å². The van der Waals surface area contributed by atoms with Gasteiger partial charge in [0.2, 0.25) is 0 Å².